The molecule has 5 heteroatoms. The third-order valence-electron chi connectivity index (χ3n) is 3.04. The van der Waals surface area contributed by atoms with Crippen LogP contribution in [0.5, 0.6) is 0 Å². The number of unbranched alkanes of at least 4 members (excludes halogenated alkanes) is 2. The van der Waals surface area contributed by atoms with Crippen LogP contribution in [0.25, 0.3) is 0 Å². The second-order valence-corrected chi connectivity index (χ2v) is 4.40. The third kappa shape index (κ3) is 4.85. The topological polar surface area (TPSA) is 58.1 Å². The molecule has 0 aliphatic heterocycles. The third-order valence-corrected chi connectivity index (χ3v) is 3.04. The number of rotatable bonds is 8. The van der Waals surface area contributed by atoms with Gasteiger partial charge in [0.1, 0.15) is 17.8 Å². The van der Waals surface area contributed by atoms with Gasteiger partial charge in [-0.25, -0.2) is 9.97 Å². The largest absolute Gasteiger partial charge is 0.357 e. The van der Waals surface area contributed by atoms with E-state index in [0.717, 1.165) is 38.2 Å². The van der Waals surface area contributed by atoms with Crippen LogP contribution in [0.4, 0.5) is 5.82 Å². The van der Waals surface area contributed by atoms with E-state index in [1.165, 1.54) is 6.33 Å². The first-order chi connectivity index (χ1) is 9.22. The number of carbonyl (C=O) groups excluding carboxylic acids is 1. The monoisotopic (exact) mass is 264 g/mol. The van der Waals surface area contributed by atoms with Crippen molar-refractivity contribution in [3.8, 4) is 0 Å². The number of nitrogens with zero attached hydrogens (tertiary/aromatic N) is 3. The second kappa shape index (κ2) is 8.45. The molecular formula is C14H24N4O. The smallest absolute Gasteiger partial charge is 0.270 e. The Morgan fingerprint density at radius 3 is 2.58 bits per heavy atom. The Morgan fingerprint density at radius 2 is 1.95 bits per heavy atom. The van der Waals surface area contributed by atoms with E-state index in [-0.39, 0.29) is 5.91 Å². The number of carbonyl (C=O) groups is 1. The SMILES string of the molecule is CCCCCNC(=O)c1cc(N(CC)CC)ncn1. The van der Waals surface area contributed by atoms with Crippen molar-refractivity contribution < 1.29 is 4.79 Å². The van der Waals surface area contributed by atoms with Crippen molar-refractivity contribution >= 4 is 11.7 Å². The van der Waals surface area contributed by atoms with Crippen molar-refractivity contribution in [2.75, 3.05) is 24.5 Å². The van der Waals surface area contributed by atoms with Crippen LogP contribution in [0.3, 0.4) is 0 Å². The number of amides is 1. The lowest BCUT2D eigenvalue weighted by Gasteiger charge is -2.19. The minimum absolute atomic E-state index is 0.119. The van der Waals surface area contributed by atoms with Gasteiger partial charge in [-0.3, -0.25) is 4.79 Å². The van der Waals surface area contributed by atoms with E-state index in [4.69, 9.17) is 0 Å². The van der Waals surface area contributed by atoms with Gasteiger partial charge in [0.25, 0.3) is 5.91 Å². The summed E-state index contributed by atoms with van der Waals surface area (Å²) >= 11 is 0. The summed E-state index contributed by atoms with van der Waals surface area (Å²) in [4.78, 5) is 22.3. The molecule has 0 aromatic carbocycles. The minimum atomic E-state index is -0.119. The van der Waals surface area contributed by atoms with Crippen LogP contribution in [0.15, 0.2) is 12.4 Å². The molecule has 1 heterocycles. The summed E-state index contributed by atoms with van der Waals surface area (Å²) in [7, 11) is 0. The van der Waals surface area contributed by atoms with Crippen LogP contribution in [0.2, 0.25) is 0 Å². The molecular weight excluding hydrogens is 240 g/mol. The fourth-order valence-electron chi connectivity index (χ4n) is 1.86. The minimum Gasteiger partial charge on any atom is -0.357 e. The first-order valence-corrected chi connectivity index (χ1v) is 7.08. The Morgan fingerprint density at radius 1 is 1.21 bits per heavy atom. The lowest BCUT2D eigenvalue weighted by Crippen LogP contribution is -2.27. The van der Waals surface area contributed by atoms with Gasteiger partial charge in [-0.1, -0.05) is 19.8 Å². The Hall–Kier alpha value is -1.65. The average Bonchev–Trinajstić information content (AvgIpc) is 2.45. The second-order valence-electron chi connectivity index (χ2n) is 4.40. The van der Waals surface area contributed by atoms with Gasteiger partial charge in [-0.2, -0.15) is 0 Å². The van der Waals surface area contributed by atoms with Crippen LogP contribution in [0, 0.1) is 0 Å². The highest BCUT2D eigenvalue weighted by molar-refractivity contribution is 5.92. The average molecular weight is 264 g/mol. The summed E-state index contributed by atoms with van der Waals surface area (Å²) in [6, 6.07) is 1.75. The van der Waals surface area contributed by atoms with Crippen molar-refractivity contribution in [1.82, 2.24) is 15.3 Å². The molecule has 0 aliphatic carbocycles. The first-order valence-electron chi connectivity index (χ1n) is 7.08. The molecule has 1 rings (SSSR count). The van der Waals surface area contributed by atoms with Crippen LogP contribution >= 0.6 is 0 Å². The highest BCUT2D eigenvalue weighted by Gasteiger charge is 2.10. The number of hydrogen-bond donors (Lipinski definition) is 1. The molecule has 0 saturated carbocycles. The highest BCUT2D eigenvalue weighted by atomic mass is 16.1. The number of aromatic nitrogens is 2. The molecule has 0 fully saturated rings. The van der Waals surface area contributed by atoms with Gasteiger partial charge in [-0.05, 0) is 20.3 Å². The summed E-state index contributed by atoms with van der Waals surface area (Å²) in [6.45, 7) is 8.71. The Bertz CT molecular complexity index is 391. The van der Waals surface area contributed by atoms with Gasteiger partial charge in [0.05, 0.1) is 0 Å². The molecule has 0 aliphatic rings. The molecule has 0 spiro atoms. The number of nitrogens with one attached hydrogen (secondary N) is 1. The lowest BCUT2D eigenvalue weighted by atomic mass is 10.2. The molecule has 0 radical (unpaired) electrons. The summed E-state index contributed by atoms with van der Waals surface area (Å²) in [6.07, 6.45) is 4.75. The van der Waals surface area contributed by atoms with Crippen molar-refractivity contribution in [3.05, 3.63) is 18.1 Å². The molecule has 1 amide bonds. The quantitative estimate of drug-likeness (QED) is 0.732. The molecule has 0 unspecified atom stereocenters. The van der Waals surface area contributed by atoms with Crippen molar-refractivity contribution in [2.24, 2.45) is 0 Å². The molecule has 0 atom stereocenters. The zero-order valence-corrected chi connectivity index (χ0v) is 12.1. The fraction of sp³-hybridized carbons (Fsp3) is 0.643. The molecule has 1 N–H and O–H groups in total. The number of anilines is 1. The maximum absolute atomic E-state index is 11.9. The molecule has 1 aromatic rings. The normalized spacial score (nSPS) is 10.3. The molecule has 5 nitrogen and oxygen atoms in total. The van der Waals surface area contributed by atoms with E-state index >= 15 is 0 Å². The maximum atomic E-state index is 11.9. The van der Waals surface area contributed by atoms with E-state index in [1.807, 2.05) is 0 Å². The number of hydrogen-bond acceptors (Lipinski definition) is 4. The van der Waals surface area contributed by atoms with E-state index in [2.05, 4.69) is 41.0 Å². The molecule has 1 aromatic heterocycles. The van der Waals surface area contributed by atoms with Gasteiger partial charge in [-0.15, -0.1) is 0 Å². The first kappa shape index (κ1) is 15.4. The van der Waals surface area contributed by atoms with Crippen LogP contribution in [0.1, 0.15) is 50.5 Å². The van der Waals surface area contributed by atoms with Gasteiger partial charge in [0, 0.05) is 25.7 Å². The molecule has 0 bridgehead atoms. The molecule has 106 valence electrons. The van der Waals surface area contributed by atoms with Gasteiger partial charge in [0.15, 0.2) is 0 Å². The summed E-state index contributed by atoms with van der Waals surface area (Å²) in [5, 5.41) is 2.89. The van der Waals surface area contributed by atoms with E-state index in [9.17, 15) is 4.79 Å². The van der Waals surface area contributed by atoms with E-state index in [0.29, 0.717) is 12.2 Å². The van der Waals surface area contributed by atoms with Crippen LogP contribution < -0.4 is 10.2 Å². The fourth-order valence-corrected chi connectivity index (χ4v) is 1.86. The zero-order valence-electron chi connectivity index (χ0n) is 12.1. The molecule has 0 saturated heterocycles. The van der Waals surface area contributed by atoms with Gasteiger partial charge >= 0.3 is 0 Å². The van der Waals surface area contributed by atoms with Crippen molar-refractivity contribution in [2.45, 2.75) is 40.0 Å². The van der Waals surface area contributed by atoms with Crippen LogP contribution in [-0.4, -0.2) is 35.5 Å². The lowest BCUT2D eigenvalue weighted by molar-refractivity contribution is 0.0948. The van der Waals surface area contributed by atoms with E-state index < -0.39 is 0 Å². The van der Waals surface area contributed by atoms with Gasteiger partial charge in [0.2, 0.25) is 0 Å². The summed E-state index contributed by atoms with van der Waals surface area (Å²) < 4.78 is 0. The Kier molecular flexibility index (Phi) is 6.85. The van der Waals surface area contributed by atoms with E-state index in [1.54, 1.807) is 6.07 Å². The Balaban J connectivity index is 2.62. The molecule has 19 heavy (non-hydrogen) atoms. The standard InChI is InChI=1S/C14H24N4O/c1-4-7-8-9-15-14(19)12-10-13(17-11-16-12)18(5-2)6-3/h10-11H,4-9H2,1-3H3,(H,15,19). The van der Waals surface area contributed by atoms with Gasteiger partial charge < -0.3 is 10.2 Å². The zero-order chi connectivity index (χ0) is 14.1. The summed E-state index contributed by atoms with van der Waals surface area (Å²) in [5.41, 5.74) is 0.438. The maximum Gasteiger partial charge on any atom is 0.270 e. The van der Waals surface area contributed by atoms with Crippen molar-refractivity contribution in [1.29, 1.82) is 0 Å². The van der Waals surface area contributed by atoms with Crippen LogP contribution in [-0.2, 0) is 0 Å². The predicted molar refractivity (Wildman–Crippen MR) is 77.5 cm³/mol. The van der Waals surface area contributed by atoms with Crippen molar-refractivity contribution in [3.63, 3.8) is 0 Å². The predicted octanol–water partition coefficient (Wildman–Crippen LogP) is 2.24. The highest BCUT2D eigenvalue weighted by Crippen LogP contribution is 2.10. The summed E-state index contributed by atoms with van der Waals surface area (Å²) in [5.74, 6) is 0.686. The Labute approximate surface area is 115 Å².